The van der Waals surface area contributed by atoms with Crippen LogP contribution in [0.1, 0.15) is 67.9 Å². The summed E-state index contributed by atoms with van der Waals surface area (Å²) in [6, 6.07) is 15.6. The average Bonchev–Trinajstić information content (AvgIpc) is 3.04. The molecule has 1 N–H and O–H groups in total. The zero-order valence-electron chi connectivity index (χ0n) is 18.4. The van der Waals surface area contributed by atoms with Crippen molar-refractivity contribution in [1.29, 1.82) is 5.26 Å². The number of allylic oxidation sites excluding steroid dienone is 4. The number of nitrogens with one attached hydrogen (secondary N) is 1. The van der Waals surface area contributed by atoms with Gasteiger partial charge >= 0.3 is 0 Å². The predicted octanol–water partition coefficient (Wildman–Crippen LogP) is 5.66. The zero-order chi connectivity index (χ0) is 22.3. The minimum Gasteiger partial charge on any atom is -0.362 e. The molecule has 1 heterocycles. The first-order valence-electron chi connectivity index (χ1n) is 10.7. The molecule has 2 aromatic rings. The first-order chi connectivity index (χ1) is 14.8. The van der Waals surface area contributed by atoms with Gasteiger partial charge in [0.25, 0.3) is 0 Å². The van der Waals surface area contributed by atoms with Crippen molar-refractivity contribution in [2.24, 2.45) is 5.92 Å². The first-order valence-corrected chi connectivity index (χ1v) is 10.7. The van der Waals surface area contributed by atoms with E-state index in [-0.39, 0.29) is 11.6 Å². The van der Waals surface area contributed by atoms with Crippen LogP contribution in [0.15, 0.2) is 65.0 Å². The number of hydrogen-bond acceptors (Lipinski definition) is 4. The number of rotatable bonds is 5. The van der Waals surface area contributed by atoms with Gasteiger partial charge in [-0.2, -0.15) is 5.26 Å². The van der Waals surface area contributed by atoms with Crippen LogP contribution in [-0.2, 0) is 4.79 Å². The molecule has 2 aromatic carbocycles. The van der Waals surface area contributed by atoms with Crippen molar-refractivity contribution in [1.82, 2.24) is 5.32 Å². The summed E-state index contributed by atoms with van der Waals surface area (Å²) in [5, 5.41) is 13.3. The SMILES string of the molecule is CC1=C(C#N)C(c2cccc3c2-c2ccccc2C3=O)C(C(=O)CCC(C)C)=C(C)N1. The van der Waals surface area contributed by atoms with Gasteiger partial charge in [-0.05, 0) is 42.9 Å². The molecule has 0 saturated carbocycles. The molecule has 156 valence electrons. The lowest BCUT2D eigenvalue weighted by atomic mass is 9.76. The van der Waals surface area contributed by atoms with Crippen molar-refractivity contribution in [2.45, 2.75) is 46.5 Å². The highest BCUT2D eigenvalue weighted by Gasteiger charge is 2.37. The van der Waals surface area contributed by atoms with E-state index in [1.165, 1.54) is 0 Å². The van der Waals surface area contributed by atoms with Gasteiger partial charge in [0.15, 0.2) is 11.6 Å². The summed E-state index contributed by atoms with van der Waals surface area (Å²) in [6.07, 6.45) is 1.23. The summed E-state index contributed by atoms with van der Waals surface area (Å²) in [7, 11) is 0. The van der Waals surface area contributed by atoms with E-state index in [2.05, 4.69) is 25.2 Å². The Morgan fingerprint density at radius 1 is 1.03 bits per heavy atom. The number of hydrogen-bond donors (Lipinski definition) is 1. The zero-order valence-corrected chi connectivity index (χ0v) is 18.4. The van der Waals surface area contributed by atoms with Crippen molar-refractivity contribution in [3.05, 3.63) is 81.7 Å². The molecular formula is C27H26N2O2. The molecule has 0 fully saturated rings. The summed E-state index contributed by atoms with van der Waals surface area (Å²) in [4.78, 5) is 26.4. The Morgan fingerprint density at radius 2 is 1.71 bits per heavy atom. The highest BCUT2D eigenvalue weighted by molar-refractivity contribution is 6.22. The molecular weight excluding hydrogens is 384 g/mol. The third-order valence-corrected chi connectivity index (χ3v) is 6.22. The fourth-order valence-electron chi connectivity index (χ4n) is 4.72. The minimum absolute atomic E-state index is 0.00557. The third-order valence-electron chi connectivity index (χ3n) is 6.22. The van der Waals surface area contributed by atoms with Crippen molar-refractivity contribution in [2.75, 3.05) is 0 Å². The van der Waals surface area contributed by atoms with E-state index in [4.69, 9.17) is 0 Å². The fourth-order valence-corrected chi connectivity index (χ4v) is 4.72. The highest BCUT2D eigenvalue weighted by Crippen LogP contribution is 2.47. The van der Waals surface area contributed by atoms with E-state index in [1.807, 2.05) is 56.3 Å². The molecule has 1 atom stereocenters. The first kappa shape index (κ1) is 20.8. The van der Waals surface area contributed by atoms with Gasteiger partial charge in [-0.15, -0.1) is 0 Å². The normalized spacial score (nSPS) is 17.4. The van der Waals surface area contributed by atoms with Crippen LogP contribution in [-0.4, -0.2) is 11.6 Å². The lowest BCUT2D eigenvalue weighted by Crippen LogP contribution is -2.28. The van der Waals surface area contributed by atoms with Crippen molar-refractivity contribution in [3.8, 4) is 17.2 Å². The Kier molecular flexibility index (Phi) is 5.37. The van der Waals surface area contributed by atoms with Crippen LogP contribution < -0.4 is 5.32 Å². The Labute approximate surface area is 183 Å². The standard InChI is InChI=1S/C27H26N2O2/c1-15(2)12-13-23(30)24-17(4)29-16(3)22(14-28)26(24)20-10-7-11-21-25(20)18-8-5-6-9-19(18)27(21)31/h5-11,15,26,29H,12-13H2,1-4H3. The molecule has 1 unspecified atom stereocenters. The summed E-state index contributed by atoms with van der Waals surface area (Å²) in [5.74, 6) is -0.0222. The predicted molar refractivity (Wildman–Crippen MR) is 121 cm³/mol. The third kappa shape index (κ3) is 3.41. The quantitative estimate of drug-likeness (QED) is 0.589. The molecule has 0 saturated heterocycles. The smallest absolute Gasteiger partial charge is 0.194 e. The number of carbonyl (C=O) groups excluding carboxylic acids is 2. The number of carbonyl (C=O) groups is 2. The van der Waals surface area contributed by atoms with Gasteiger partial charge in [-0.1, -0.05) is 56.3 Å². The molecule has 0 bridgehead atoms. The van der Waals surface area contributed by atoms with Gasteiger partial charge in [-0.25, -0.2) is 0 Å². The van der Waals surface area contributed by atoms with Crippen LogP contribution in [0.5, 0.6) is 0 Å². The average molecular weight is 411 g/mol. The topological polar surface area (TPSA) is 70.0 Å². The molecule has 0 radical (unpaired) electrons. The summed E-state index contributed by atoms with van der Waals surface area (Å²) in [6.45, 7) is 7.97. The number of dihydropyridines is 1. The fraction of sp³-hybridized carbons (Fsp3) is 0.296. The van der Waals surface area contributed by atoms with Crippen molar-refractivity contribution >= 4 is 11.6 Å². The summed E-state index contributed by atoms with van der Waals surface area (Å²) < 4.78 is 0. The number of fused-ring (bicyclic) bond motifs is 3. The van der Waals surface area contributed by atoms with Crippen LogP contribution in [0.2, 0.25) is 0 Å². The second-order valence-electron chi connectivity index (χ2n) is 8.75. The number of benzene rings is 2. The molecule has 0 aromatic heterocycles. The number of nitrogens with zero attached hydrogens (tertiary/aromatic N) is 1. The van der Waals surface area contributed by atoms with Crippen LogP contribution in [0.25, 0.3) is 11.1 Å². The van der Waals surface area contributed by atoms with Gasteiger partial charge in [-0.3, -0.25) is 9.59 Å². The molecule has 4 nitrogen and oxygen atoms in total. The molecule has 4 heteroatoms. The van der Waals surface area contributed by atoms with Crippen molar-refractivity contribution < 1.29 is 9.59 Å². The Bertz CT molecular complexity index is 1210. The maximum Gasteiger partial charge on any atom is 0.194 e. The van der Waals surface area contributed by atoms with Crippen LogP contribution in [0.4, 0.5) is 0 Å². The lowest BCUT2D eigenvalue weighted by Gasteiger charge is -2.30. The summed E-state index contributed by atoms with van der Waals surface area (Å²) >= 11 is 0. The monoisotopic (exact) mass is 410 g/mol. The number of ketones is 2. The van der Waals surface area contributed by atoms with Gasteiger partial charge in [0, 0.05) is 34.5 Å². The second-order valence-corrected chi connectivity index (χ2v) is 8.75. The van der Waals surface area contributed by atoms with E-state index < -0.39 is 5.92 Å². The summed E-state index contributed by atoms with van der Waals surface area (Å²) in [5.41, 5.74) is 6.57. The largest absolute Gasteiger partial charge is 0.362 e. The minimum atomic E-state index is -0.486. The Morgan fingerprint density at radius 3 is 2.39 bits per heavy atom. The molecule has 1 aliphatic carbocycles. The Balaban J connectivity index is 1.94. The van der Waals surface area contributed by atoms with E-state index >= 15 is 0 Å². The van der Waals surface area contributed by atoms with E-state index in [9.17, 15) is 14.9 Å². The maximum atomic E-state index is 13.4. The highest BCUT2D eigenvalue weighted by atomic mass is 16.1. The van der Waals surface area contributed by atoms with Crippen LogP contribution in [0.3, 0.4) is 0 Å². The van der Waals surface area contributed by atoms with Gasteiger partial charge in [0.05, 0.1) is 17.6 Å². The van der Waals surface area contributed by atoms with Crippen molar-refractivity contribution in [3.63, 3.8) is 0 Å². The number of nitriles is 1. The van der Waals surface area contributed by atoms with E-state index in [0.29, 0.717) is 34.6 Å². The molecule has 4 rings (SSSR count). The molecule has 2 aliphatic rings. The van der Waals surface area contributed by atoms with Crippen LogP contribution >= 0.6 is 0 Å². The molecule has 0 spiro atoms. The molecule has 0 amide bonds. The lowest BCUT2D eigenvalue weighted by molar-refractivity contribution is -0.116. The van der Waals surface area contributed by atoms with Gasteiger partial charge in [0.2, 0.25) is 0 Å². The maximum absolute atomic E-state index is 13.4. The van der Waals surface area contributed by atoms with Crippen LogP contribution in [0, 0.1) is 17.2 Å². The van der Waals surface area contributed by atoms with Gasteiger partial charge in [0.1, 0.15) is 0 Å². The second kappa shape index (κ2) is 8.00. The van der Waals surface area contributed by atoms with E-state index in [1.54, 1.807) is 0 Å². The van der Waals surface area contributed by atoms with E-state index in [0.717, 1.165) is 34.5 Å². The van der Waals surface area contributed by atoms with Gasteiger partial charge < -0.3 is 5.32 Å². The Hall–Kier alpha value is -3.45. The molecule has 1 aliphatic heterocycles. The number of Topliss-reactive ketones (excluding diaryl/α,β-unsaturated/α-hetero) is 1. The molecule has 31 heavy (non-hydrogen) atoms.